The molecule has 2 N–H and O–H groups in total. The lowest BCUT2D eigenvalue weighted by Gasteiger charge is -2.49. The fourth-order valence-electron chi connectivity index (χ4n) is 7.66. The number of ether oxygens (including phenoxy) is 8. The number of carbonyl (C=O) groups excluding carboxylic acids is 3. The molecule has 0 aromatic heterocycles. The highest BCUT2D eigenvalue weighted by molar-refractivity contribution is 6.21. The molecule has 2 fully saturated rings. The Morgan fingerprint density at radius 1 is 0.721 bits per heavy atom. The fourth-order valence-corrected chi connectivity index (χ4v) is 7.66. The first-order valence-electron chi connectivity index (χ1n) is 19.6. The molecular formula is C44H46N4O13. The van der Waals surface area contributed by atoms with E-state index in [-0.39, 0.29) is 37.6 Å². The minimum atomic E-state index is -2.62. The van der Waals surface area contributed by atoms with Crippen LogP contribution in [0.2, 0.25) is 0 Å². The van der Waals surface area contributed by atoms with Crippen molar-refractivity contribution in [3.63, 3.8) is 0 Å². The molecule has 0 radical (unpaired) electrons. The van der Waals surface area contributed by atoms with Gasteiger partial charge in [-0.05, 0) is 34.4 Å². The number of imide groups is 1. The van der Waals surface area contributed by atoms with Crippen LogP contribution in [-0.4, -0.2) is 114 Å². The molecule has 7 rings (SSSR count). The zero-order valence-electron chi connectivity index (χ0n) is 33.4. The van der Waals surface area contributed by atoms with Crippen molar-refractivity contribution in [3.05, 3.63) is 154 Å². The number of benzene rings is 4. The Balaban J connectivity index is 1.27. The van der Waals surface area contributed by atoms with Crippen molar-refractivity contribution in [2.24, 2.45) is 5.11 Å². The maximum absolute atomic E-state index is 14.4. The Bertz CT molecular complexity index is 2130. The van der Waals surface area contributed by atoms with E-state index in [1.807, 2.05) is 66.7 Å². The standard InChI is InChI=1S/C44H46N4O13/c1-27(49)55-25-33-36(56-22-28-14-6-3-7-15-28)38(58-24-30-18-10-5-11-19-30)35(48-40(51)31-20-12-13-21-32(31)41(48)52)42(60-33)59-26-34-37(57-23-29-16-8-4-9-17-29)39(50)44(53,46-47-45)43(54-2)61-34/h3-21,33-39,42-43,50,53H,22-26H2,1-2H3/t33-,34-,35-,36-,37+,38-,39+,42-,43-,44-/m1/s1. The van der Waals surface area contributed by atoms with Crippen molar-refractivity contribution >= 4 is 17.8 Å². The summed E-state index contributed by atoms with van der Waals surface area (Å²) < 4.78 is 49.5. The number of aliphatic hydroxyl groups is 2. The summed E-state index contributed by atoms with van der Waals surface area (Å²) in [5.41, 5.74) is 9.31. The van der Waals surface area contributed by atoms with Crippen LogP contribution >= 0.6 is 0 Å². The van der Waals surface area contributed by atoms with Crippen LogP contribution in [0.25, 0.3) is 10.4 Å². The molecule has 3 heterocycles. The average molecular weight is 839 g/mol. The first kappa shape index (κ1) is 43.5. The van der Waals surface area contributed by atoms with Crippen molar-refractivity contribution in [2.45, 2.75) is 87.7 Å². The lowest BCUT2D eigenvalue weighted by Crippen LogP contribution is -2.68. The summed E-state index contributed by atoms with van der Waals surface area (Å²) in [5.74, 6) is -1.87. The van der Waals surface area contributed by atoms with Crippen LogP contribution in [0.1, 0.15) is 44.3 Å². The summed E-state index contributed by atoms with van der Waals surface area (Å²) in [4.78, 5) is 44.7. The molecule has 4 aromatic rings. The Kier molecular flexibility index (Phi) is 14.2. The predicted molar refractivity (Wildman–Crippen MR) is 213 cm³/mol. The monoisotopic (exact) mass is 838 g/mol. The minimum Gasteiger partial charge on any atom is -0.463 e. The number of nitrogens with zero attached hydrogens (tertiary/aromatic N) is 4. The van der Waals surface area contributed by atoms with Crippen LogP contribution in [0.5, 0.6) is 0 Å². The van der Waals surface area contributed by atoms with Gasteiger partial charge < -0.3 is 48.1 Å². The number of hydrogen-bond acceptors (Lipinski definition) is 14. The number of carbonyl (C=O) groups is 3. The van der Waals surface area contributed by atoms with E-state index in [1.54, 1.807) is 48.5 Å². The number of esters is 1. The van der Waals surface area contributed by atoms with Gasteiger partial charge in [-0.2, -0.15) is 0 Å². The Labute approximate surface area is 351 Å². The van der Waals surface area contributed by atoms with Crippen LogP contribution in [0.15, 0.2) is 120 Å². The van der Waals surface area contributed by atoms with Gasteiger partial charge in [-0.25, -0.2) is 0 Å². The third kappa shape index (κ3) is 9.67. The summed E-state index contributed by atoms with van der Waals surface area (Å²) in [5, 5.41) is 26.4. The fraction of sp³-hybridized carbons (Fsp3) is 0.386. The van der Waals surface area contributed by atoms with Crippen LogP contribution in [0, 0.1) is 0 Å². The van der Waals surface area contributed by atoms with Crippen LogP contribution in [-0.2, 0) is 62.5 Å². The molecule has 10 atom stereocenters. The molecule has 61 heavy (non-hydrogen) atoms. The summed E-state index contributed by atoms with van der Waals surface area (Å²) >= 11 is 0. The van der Waals surface area contributed by atoms with E-state index in [9.17, 15) is 30.1 Å². The summed E-state index contributed by atoms with van der Waals surface area (Å²) in [7, 11) is 1.19. The quantitative estimate of drug-likeness (QED) is 0.0495. The normalized spacial score (nSPS) is 28.5. The smallest absolute Gasteiger partial charge is 0.302 e. The molecule has 2 saturated heterocycles. The summed E-state index contributed by atoms with van der Waals surface area (Å²) in [6, 6.07) is 32.6. The third-order valence-electron chi connectivity index (χ3n) is 10.6. The van der Waals surface area contributed by atoms with Gasteiger partial charge in [0, 0.05) is 18.9 Å². The van der Waals surface area contributed by atoms with Gasteiger partial charge in [-0.15, -0.1) is 0 Å². The van der Waals surface area contributed by atoms with Gasteiger partial charge >= 0.3 is 5.97 Å². The maximum atomic E-state index is 14.4. The highest BCUT2D eigenvalue weighted by Gasteiger charge is 2.58. The SMILES string of the molecule is CO[C@@H]1O[C@H](CO[C@@H]2O[C@H](COC(C)=O)[C@@H](OCc3ccccc3)[C@H](OCc3ccccc3)[C@H]2N2C(=O)c3ccccc3C2=O)[C@H](OCc2ccccc2)[C@H](O)[C@]1(O)N=[N+]=[N-]. The minimum absolute atomic E-state index is 0.00419. The molecule has 0 unspecified atom stereocenters. The first-order valence-corrected chi connectivity index (χ1v) is 19.6. The van der Waals surface area contributed by atoms with E-state index in [0.717, 1.165) is 16.0 Å². The Morgan fingerprint density at radius 3 is 1.69 bits per heavy atom. The van der Waals surface area contributed by atoms with Crippen molar-refractivity contribution in [3.8, 4) is 0 Å². The largest absolute Gasteiger partial charge is 0.463 e. The van der Waals surface area contributed by atoms with Gasteiger partial charge in [0.1, 0.15) is 49.3 Å². The number of azide groups is 1. The molecule has 0 saturated carbocycles. The second kappa shape index (κ2) is 19.9. The lowest BCUT2D eigenvalue weighted by atomic mass is 9.93. The van der Waals surface area contributed by atoms with Crippen LogP contribution < -0.4 is 0 Å². The van der Waals surface area contributed by atoms with Crippen molar-refractivity contribution < 1.29 is 62.5 Å². The average Bonchev–Trinajstić information content (AvgIpc) is 3.53. The Hall–Kier alpha value is -5.56. The first-order chi connectivity index (χ1) is 29.6. The number of hydrogen-bond donors (Lipinski definition) is 2. The molecule has 17 heteroatoms. The molecule has 17 nitrogen and oxygen atoms in total. The molecule has 320 valence electrons. The van der Waals surface area contributed by atoms with Gasteiger partial charge in [0.25, 0.3) is 11.8 Å². The van der Waals surface area contributed by atoms with E-state index in [4.69, 9.17) is 37.9 Å². The maximum Gasteiger partial charge on any atom is 0.302 e. The van der Waals surface area contributed by atoms with Gasteiger partial charge in [0.15, 0.2) is 12.6 Å². The van der Waals surface area contributed by atoms with Crippen molar-refractivity contribution in [1.82, 2.24) is 4.90 Å². The van der Waals surface area contributed by atoms with Gasteiger partial charge in [-0.1, -0.05) is 108 Å². The van der Waals surface area contributed by atoms with E-state index in [1.165, 1.54) is 14.0 Å². The molecule has 0 bridgehead atoms. The second-order valence-corrected chi connectivity index (χ2v) is 14.6. The number of methoxy groups -OCH3 is 1. The molecule has 2 amide bonds. The molecular weight excluding hydrogens is 792 g/mol. The molecule has 4 aromatic carbocycles. The summed E-state index contributed by atoms with van der Waals surface area (Å²) in [6.07, 6.45) is -11.1. The Morgan fingerprint density at radius 2 is 1.20 bits per heavy atom. The highest BCUT2D eigenvalue weighted by atomic mass is 16.7. The number of rotatable bonds is 17. The van der Waals surface area contributed by atoms with Crippen LogP contribution in [0.4, 0.5) is 0 Å². The molecule has 0 aliphatic carbocycles. The summed E-state index contributed by atoms with van der Waals surface area (Å²) in [6.45, 7) is 0.425. The molecule has 0 spiro atoms. The van der Waals surface area contributed by atoms with Gasteiger partial charge in [-0.3, -0.25) is 19.3 Å². The van der Waals surface area contributed by atoms with E-state index >= 15 is 0 Å². The molecule has 3 aliphatic rings. The highest BCUT2D eigenvalue weighted by Crippen LogP contribution is 2.38. The number of aliphatic hydroxyl groups excluding tert-OH is 1. The van der Waals surface area contributed by atoms with E-state index < -0.39 is 85.4 Å². The lowest BCUT2D eigenvalue weighted by molar-refractivity contribution is -0.352. The van der Waals surface area contributed by atoms with Crippen molar-refractivity contribution in [1.29, 1.82) is 0 Å². The van der Waals surface area contributed by atoms with Gasteiger partial charge in [0.2, 0.25) is 5.72 Å². The topological polar surface area (TPSA) is 218 Å². The number of fused-ring (bicyclic) bond motifs is 1. The third-order valence-corrected chi connectivity index (χ3v) is 10.6. The van der Waals surface area contributed by atoms with E-state index in [0.29, 0.717) is 5.56 Å². The van der Waals surface area contributed by atoms with Crippen molar-refractivity contribution in [2.75, 3.05) is 20.3 Å². The van der Waals surface area contributed by atoms with Crippen LogP contribution in [0.3, 0.4) is 0 Å². The zero-order chi connectivity index (χ0) is 42.9. The van der Waals surface area contributed by atoms with E-state index in [2.05, 4.69) is 10.0 Å². The zero-order valence-corrected chi connectivity index (χ0v) is 33.4. The number of amides is 2. The molecule has 3 aliphatic heterocycles. The second-order valence-electron chi connectivity index (χ2n) is 14.6. The van der Waals surface area contributed by atoms with Gasteiger partial charge in [0.05, 0.1) is 37.6 Å². The predicted octanol–water partition coefficient (Wildman–Crippen LogP) is 4.44.